The number of nitrogens with one attached hydrogen (secondary N) is 2. The molecule has 0 spiro atoms. The third-order valence-corrected chi connectivity index (χ3v) is 2.83. The van der Waals surface area contributed by atoms with Crippen LogP contribution in [0.1, 0.15) is 31.9 Å². The highest BCUT2D eigenvalue weighted by atomic mass is 15.1. The van der Waals surface area contributed by atoms with Gasteiger partial charge in [0.05, 0.1) is 6.54 Å². The number of nitrogens with zero attached hydrogens (tertiary/aromatic N) is 1. The highest BCUT2D eigenvalue weighted by Gasteiger charge is 2.06. The van der Waals surface area contributed by atoms with Gasteiger partial charge < -0.3 is 16.4 Å². The standard InChI is InChI=1S/C15H26N4/c1-11-6-7-13(10-12(11)2)19-14(16)17-8-9-18-15(3,4)5/h6-7,10,18H,8-9H2,1-5H3,(H3,16,17,19). The molecule has 0 bridgehead atoms. The van der Waals surface area contributed by atoms with Gasteiger partial charge in [0.25, 0.3) is 0 Å². The van der Waals surface area contributed by atoms with E-state index in [2.05, 4.69) is 62.4 Å². The number of anilines is 1. The van der Waals surface area contributed by atoms with Crippen LogP contribution in [0.15, 0.2) is 23.2 Å². The number of guanidine groups is 1. The van der Waals surface area contributed by atoms with Gasteiger partial charge in [-0.2, -0.15) is 0 Å². The third-order valence-electron chi connectivity index (χ3n) is 2.83. The average Bonchev–Trinajstić information content (AvgIpc) is 2.28. The lowest BCUT2D eigenvalue weighted by Gasteiger charge is -2.19. The second-order valence-electron chi connectivity index (χ2n) is 5.87. The maximum absolute atomic E-state index is 5.85. The maximum atomic E-state index is 5.85. The predicted molar refractivity (Wildman–Crippen MR) is 83.8 cm³/mol. The first-order chi connectivity index (χ1) is 8.78. The summed E-state index contributed by atoms with van der Waals surface area (Å²) in [7, 11) is 0. The average molecular weight is 262 g/mol. The van der Waals surface area contributed by atoms with E-state index in [9.17, 15) is 0 Å². The first kappa shape index (κ1) is 15.5. The zero-order chi connectivity index (χ0) is 14.5. The van der Waals surface area contributed by atoms with Gasteiger partial charge in [0.15, 0.2) is 5.96 Å². The zero-order valence-electron chi connectivity index (χ0n) is 12.7. The molecule has 0 fully saturated rings. The number of benzene rings is 1. The summed E-state index contributed by atoms with van der Waals surface area (Å²) >= 11 is 0. The van der Waals surface area contributed by atoms with Gasteiger partial charge in [-0.05, 0) is 57.9 Å². The first-order valence-corrected chi connectivity index (χ1v) is 6.67. The second-order valence-corrected chi connectivity index (χ2v) is 5.87. The molecule has 4 heteroatoms. The van der Waals surface area contributed by atoms with Crippen LogP contribution in [0, 0.1) is 13.8 Å². The lowest BCUT2D eigenvalue weighted by atomic mass is 10.1. The molecule has 1 aromatic rings. The molecule has 0 heterocycles. The summed E-state index contributed by atoms with van der Waals surface area (Å²) in [5.74, 6) is 0.457. The van der Waals surface area contributed by atoms with E-state index in [1.54, 1.807) is 0 Å². The Bertz CT molecular complexity index is 444. The van der Waals surface area contributed by atoms with E-state index >= 15 is 0 Å². The summed E-state index contributed by atoms with van der Waals surface area (Å²) in [4.78, 5) is 4.30. The summed E-state index contributed by atoms with van der Waals surface area (Å²) in [5, 5.41) is 6.47. The van der Waals surface area contributed by atoms with Crippen molar-refractivity contribution in [1.29, 1.82) is 0 Å². The van der Waals surface area contributed by atoms with Crippen molar-refractivity contribution in [2.75, 3.05) is 18.4 Å². The van der Waals surface area contributed by atoms with Gasteiger partial charge in [0.2, 0.25) is 0 Å². The molecule has 0 aliphatic rings. The van der Waals surface area contributed by atoms with Crippen LogP contribution in [-0.4, -0.2) is 24.6 Å². The predicted octanol–water partition coefficient (Wildman–Crippen LogP) is 2.42. The fourth-order valence-corrected chi connectivity index (χ4v) is 1.61. The number of hydrogen-bond acceptors (Lipinski definition) is 2. The fraction of sp³-hybridized carbons (Fsp3) is 0.533. The molecule has 0 saturated carbocycles. The summed E-state index contributed by atoms with van der Waals surface area (Å²) in [6.45, 7) is 12.1. The molecule has 0 saturated heterocycles. The molecule has 0 unspecified atom stereocenters. The van der Waals surface area contributed by atoms with Crippen LogP contribution < -0.4 is 16.4 Å². The molecule has 0 aliphatic heterocycles. The minimum atomic E-state index is 0.117. The Kier molecular flexibility index (Phi) is 5.36. The van der Waals surface area contributed by atoms with E-state index in [1.165, 1.54) is 11.1 Å². The fourth-order valence-electron chi connectivity index (χ4n) is 1.61. The number of aliphatic imine (C=N–C) groups is 1. The minimum absolute atomic E-state index is 0.117. The molecule has 0 aromatic heterocycles. The molecule has 106 valence electrons. The Balaban J connectivity index is 2.45. The normalized spacial score (nSPS) is 12.6. The first-order valence-electron chi connectivity index (χ1n) is 6.67. The Morgan fingerprint density at radius 3 is 2.47 bits per heavy atom. The third kappa shape index (κ3) is 6.25. The smallest absolute Gasteiger partial charge is 0.193 e. The molecule has 0 amide bonds. The van der Waals surface area contributed by atoms with Gasteiger partial charge in [0.1, 0.15) is 0 Å². The van der Waals surface area contributed by atoms with Crippen LogP contribution in [0.25, 0.3) is 0 Å². The van der Waals surface area contributed by atoms with Crippen LogP contribution in [0.2, 0.25) is 0 Å². The van der Waals surface area contributed by atoms with Gasteiger partial charge in [-0.15, -0.1) is 0 Å². The van der Waals surface area contributed by atoms with Crippen LogP contribution in [-0.2, 0) is 0 Å². The van der Waals surface area contributed by atoms with Crippen molar-refractivity contribution in [2.24, 2.45) is 10.7 Å². The number of nitrogens with two attached hydrogens (primary N) is 1. The summed E-state index contributed by atoms with van der Waals surface area (Å²) in [6, 6.07) is 6.16. The van der Waals surface area contributed by atoms with Crippen LogP contribution in [0.4, 0.5) is 5.69 Å². The Morgan fingerprint density at radius 2 is 1.89 bits per heavy atom. The van der Waals surface area contributed by atoms with Gasteiger partial charge in [-0.1, -0.05) is 6.07 Å². The Labute approximate surface area is 116 Å². The lowest BCUT2D eigenvalue weighted by Crippen LogP contribution is -2.37. The van der Waals surface area contributed by atoms with Crippen molar-refractivity contribution >= 4 is 11.6 Å². The topological polar surface area (TPSA) is 62.4 Å². The van der Waals surface area contributed by atoms with Crippen molar-refractivity contribution in [1.82, 2.24) is 5.32 Å². The highest BCUT2D eigenvalue weighted by molar-refractivity contribution is 5.92. The molecule has 0 atom stereocenters. The minimum Gasteiger partial charge on any atom is -0.370 e. The van der Waals surface area contributed by atoms with Gasteiger partial charge >= 0.3 is 0 Å². The largest absolute Gasteiger partial charge is 0.370 e. The van der Waals surface area contributed by atoms with Crippen molar-refractivity contribution in [3.63, 3.8) is 0 Å². The molecule has 1 aromatic carbocycles. The summed E-state index contributed by atoms with van der Waals surface area (Å²) in [6.07, 6.45) is 0. The molecular formula is C15H26N4. The summed E-state index contributed by atoms with van der Waals surface area (Å²) < 4.78 is 0. The Hall–Kier alpha value is -1.55. The molecule has 0 radical (unpaired) electrons. The molecule has 19 heavy (non-hydrogen) atoms. The van der Waals surface area contributed by atoms with Crippen molar-refractivity contribution in [2.45, 2.75) is 40.2 Å². The van der Waals surface area contributed by atoms with E-state index in [0.717, 1.165) is 12.2 Å². The number of aryl methyl sites for hydroxylation is 2. The van der Waals surface area contributed by atoms with E-state index in [4.69, 9.17) is 5.73 Å². The van der Waals surface area contributed by atoms with Crippen LogP contribution >= 0.6 is 0 Å². The lowest BCUT2D eigenvalue weighted by molar-refractivity contribution is 0.433. The monoisotopic (exact) mass is 262 g/mol. The van der Waals surface area contributed by atoms with Gasteiger partial charge in [-0.3, -0.25) is 4.99 Å². The molecule has 4 N–H and O–H groups in total. The van der Waals surface area contributed by atoms with Gasteiger partial charge in [0, 0.05) is 17.8 Å². The van der Waals surface area contributed by atoms with Crippen LogP contribution in [0.5, 0.6) is 0 Å². The van der Waals surface area contributed by atoms with E-state index in [-0.39, 0.29) is 5.54 Å². The zero-order valence-corrected chi connectivity index (χ0v) is 12.7. The quantitative estimate of drug-likeness (QED) is 0.443. The van der Waals surface area contributed by atoms with Crippen molar-refractivity contribution in [3.05, 3.63) is 29.3 Å². The second kappa shape index (κ2) is 6.57. The van der Waals surface area contributed by atoms with Crippen molar-refractivity contribution < 1.29 is 0 Å². The highest BCUT2D eigenvalue weighted by Crippen LogP contribution is 2.13. The molecule has 0 aliphatic carbocycles. The van der Waals surface area contributed by atoms with Gasteiger partial charge in [-0.25, -0.2) is 0 Å². The molecular weight excluding hydrogens is 236 g/mol. The number of rotatable bonds is 4. The summed E-state index contributed by atoms with van der Waals surface area (Å²) in [5.41, 5.74) is 9.47. The molecule has 1 rings (SSSR count). The molecule has 4 nitrogen and oxygen atoms in total. The van der Waals surface area contributed by atoms with E-state index < -0.39 is 0 Å². The SMILES string of the molecule is Cc1ccc(NC(N)=NCCNC(C)(C)C)cc1C. The van der Waals surface area contributed by atoms with E-state index in [1.807, 2.05) is 6.07 Å². The van der Waals surface area contributed by atoms with Crippen LogP contribution in [0.3, 0.4) is 0 Å². The maximum Gasteiger partial charge on any atom is 0.193 e. The number of hydrogen-bond donors (Lipinski definition) is 3. The van der Waals surface area contributed by atoms with E-state index in [0.29, 0.717) is 12.5 Å². The Morgan fingerprint density at radius 1 is 1.21 bits per heavy atom. The van der Waals surface area contributed by atoms with Crippen molar-refractivity contribution in [3.8, 4) is 0 Å².